The van der Waals surface area contributed by atoms with Crippen molar-refractivity contribution in [3.05, 3.63) is 104 Å². The molecule has 1 atom stereocenters. The molecule has 38 heavy (non-hydrogen) atoms. The minimum Gasteiger partial charge on any atom is -0.479 e. The lowest BCUT2D eigenvalue weighted by atomic mass is 10.0. The molecule has 0 aliphatic carbocycles. The van der Waals surface area contributed by atoms with Crippen LogP contribution < -0.4 is 11.1 Å². The van der Waals surface area contributed by atoms with Gasteiger partial charge in [0.15, 0.2) is 6.10 Å². The molecule has 0 fully saturated rings. The number of benzene rings is 3. The topological polar surface area (TPSA) is 141 Å². The Hall–Kier alpha value is -4.03. The van der Waals surface area contributed by atoms with Crippen molar-refractivity contribution < 1.29 is 24.2 Å². The number of rotatable bonds is 9. The number of hydrazine groups is 1. The number of aliphatic hydroxyl groups is 1. The highest BCUT2D eigenvalue weighted by Gasteiger charge is 2.23. The molecule has 1 heterocycles. The number of carboxylic acids is 1. The van der Waals surface area contributed by atoms with E-state index in [-0.39, 0.29) is 23.1 Å². The second-order valence-corrected chi connectivity index (χ2v) is 8.98. The molecule has 4 N–H and O–H groups in total. The zero-order valence-electron chi connectivity index (χ0n) is 19.4. The maximum atomic E-state index is 14.2. The lowest BCUT2D eigenvalue weighted by Gasteiger charge is -2.24. The predicted octanol–water partition coefficient (Wildman–Crippen LogP) is 3.27. The van der Waals surface area contributed by atoms with Gasteiger partial charge in [-0.15, -0.1) is 5.10 Å². The van der Waals surface area contributed by atoms with Crippen molar-refractivity contribution in [1.29, 1.82) is 0 Å². The molecule has 10 nitrogen and oxygen atoms in total. The lowest BCUT2D eigenvalue weighted by Crippen LogP contribution is -2.47. The molecule has 196 valence electrons. The lowest BCUT2D eigenvalue weighted by molar-refractivity contribution is -0.148. The fourth-order valence-corrected chi connectivity index (χ4v) is 3.96. The van der Waals surface area contributed by atoms with Gasteiger partial charge in [0.1, 0.15) is 5.82 Å². The van der Waals surface area contributed by atoms with Gasteiger partial charge in [-0.05, 0) is 41.5 Å². The number of aliphatic carboxylic acids is 1. The normalized spacial score (nSPS) is 11.9. The van der Waals surface area contributed by atoms with Gasteiger partial charge in [0, 0.05) is 17.1 Å². The van der Waals surface area contributed by atoms with Gasteiger partial charge in [-0.2, -0.15) is 4.68 Å². The van der Waals surface area contributed by atoms with Gasteiger partial charge >= 0.3 is 17.6 Å². The number of halogens is 3. The van der Waals surface area contributed by atoms with Crippen molar-refractivity contribution in [2.24, 2.45) is 0 Å². The molecule has 1 amide bonds. The van der Waals surface area contributed by atoms with Crippen molar-refractivity contribution in [3.63, 3.8) is 0 Å². The van der Waals surface area contributed by atoms with Crippen LogP contribution in [-0.4, -0.2) is 54.5 Å². The van der Waals surface area contributed by atoms with Crippen LogP contribution in [0.4, 0.5) is 4.39 Å². The number of para-hydroxylation sites is 1. The fraction of sp³-hybridized carbons (Fsp3) is 0.120. The molecular weight excluding hydrogens is 540 g/mol. The van der Waals surface area contributed by atoms with Gasteiger partial charge in [0.05, 0.1) is 17.3 Å². The van der Waals surface area contributed by atoms with Gasteiger partial charge in [-0.3, -0.25) is 15.2 Å². The van der Waals surface area contributed by atoms with Crippen LogP contribution in [0.15, 0.2) is 71.5 Å². The Kier molecular flexibility index (Phi) is 8.23. The second kappa shape index (κ2) is 11.6. The smallest absolute Gasteiger partial charge is 0.348 e. The summed E-state index contributed by atoms with van der Waals surface area (Å²) in [5.41, 5.74) is 3.44. The summed E-state index contributed by atoms with van der Waals surface area (Å²) in [6.07, 6.45) is -1.82. The zero-order valence-corrected chi connectivity index (χ0v) is 20.9. The van der Waals surface area contributed by atoms with Gasteiger partial charge < -0.3 is 10.2 Å². The Morgan fingerprint density at radius 3 is 2.50 bits per heavy atom. The van der Waals surface area contributed by atoms with E-state index in [9.17, 15) is 23.9 Å². The number of hydrogen-bond acceptors (Lipinski definition) is 6. The number of amides is 1. The molecule has 0 unspecified atom stereocenters. The molecule has 3 aromatic carbocycles. The highest BCUT2D eigenvalue weighted by Crippen LogP contribution is 2.26. The number of aliphatic hydroxyl groups excluding tert-OH is 1. The third-order valence-corrected chi connectivity index (χ3v) is 5.97. The summed E-state index contributed by atoms with van der Waals surface area (Å²) in [6, 6.07) is 17.2. The first-order valence-corrected chi connectivity index (χ1v) is 11.8. The van der Waals surface area contributed by atoms with E-state index >= 15 is 0 Å². The average molecular weight is 560 g/mol. The number of carboxylic acid groups (broad SMARTS) is 1. The van der Waals surface area contributed by atoms with Gasteiger partial charge in [0.2, 0.25) is 5.82 Å². The van der Waals surface area contributed by atoms with Crippen LogP contribution >= 0.6 is 23.2 Å². The average Bonchev–Trinajstić information content (AvgIpc) is 3.27. The third-order valence-electron chi connectivity index (χ3n) is 5.42. The molecule has 13 heteroatoms. The van der Waals surface area contributed by atoms with E-state index in [1.54, 1.807) is 48.5 Å². The summed E-state index contributed by atoms with van der Waals surface area (Å²) in [5, 5.41) is 24.8. The van der Waals surface area contributed by atoms with E-state index in [4.69, 9.17) is 28.3 Å². The molecule has 0 spiro atoms. The Balaban J connectivity index is 1.54. The molecule has 0 aliphatic heterocycles. The number of nitrogens with one attached hydrogen (secondary N) is 2. The van der Waals surface area contributed by atoms with Crippen LogP contribution in [0.5, 0.6) is 0 Å². The number of carbonyl (C=O) groups excluding carboxylic acids is 1. The highest BCUT2D eigenvalue weighted by atomic mass is 35.5. The van der Waals surface area contributed by atoms with Crippen molar-refractivity contribution in [2.45, 2.75) is 12.6 Å². The highest BCUT2D eigenvalue weighted by molar-refractivity contribution is 6.32. The van der Waals surface area contributed by atoms with Crippen LogP contribution in [0.2, 0.25) is 10.0 Å². The zero-order chi connectivity index (χ0) is 27.4. The van der Waals surface area contributed by atoms with Crippen LogP contribution in [0, 0.1) is 5.82 Å². The molecule has 0 bridgehead atoms. The standard InChI is InChI=1S/C25H20Cl2FN5O5/c26-16-9-10-19(28)17(11-16)15-7-5-14(6-8-15)12-32(13-21(34)24(36)37)31-23(35)22-29-25(38)33(30-22)20-4-2-1-3-18(20)27/h1-11,21,34H,12-13H2,(H,31,35)(H,36,37)(H,29,30,38)/t21-/m1/s1. The van der Waals surface area contributed by atoms with E-state index in [0.717, 1.165) is 9.69 Å². The van der Waals surface area contributed by atoms with E-state index in [2.05, 4.69) is 15.5 Å². The van der Waals surface area contributed by atoms with Crippen molar-refractivity contribution in [1.82, 2.24) is 25.2 Å². The van der Waals surface area contributed by atoms with Crippen LogP contribution in [-0.2, 0) is 11.3 Å². The number of aromatic amines is 1. The molecular formula is C25H20Cl2FN5O5. The number of hydrogen-bond donors (Lipinski definition) is 4. The van der Waals surface area contributed by atoms with E-state index in [1.807, 2.05) is 0 Å². The Bertz CT molecular complexity index is 1540. The van der Waals surface area contributed by atoms with Gasteiger partial charge in [-0.1, -0.05) is 59.6 Å². The van der Waals surface area contributed by atoms with Crippen molar-refractivity contribution in [2.75, 3.05) is 6.54 Å². The van der Waals surface area contributed by atoms with E-state index < -0.39 is 36.0 Å². The Morgan fingerprint density at radius 2 is 1.82 bits per heavy atom. The monoisotopic (exact) mass is 559 g/mol. The molecule has 0 saturated heterocycles. The third kappa shape index (κ3) is 6.26. The second-order valence-electron chi connectivity index (χ2n) is 8.14. The first-order chi connectivity index (χ1) is 18.1. The van der Waals surface area contributed by atoms with E-state index in [0.29, 0.717) is 21.7 Å². The quantitative estimate of drug-likeness (QED) is 0.231. The number of nitrogens with zero attached hydrogens (tertiary/aromatic N) is 3. The SMILES string of the molecule is O=C(NN(Cc1ccc(-c2cc(Cl)ccc2F)cc1)C[C@@H](O)C(=O)O)c1nn(-c2ccccc2Cl)c(=O)[nH]1. The van der Waals surface area contributed by atoms with Crippen LogP contribution in [0.25, 0.3) is 16.8 Å². The predicted molar refractivity (Wildman–Crippen MR) is 138 cm³/mol. The minimum absolute atomic E-state index is 0.0379. The molecule has 0 radical (unpaired) electrons. The first-order valence-electron chi connectivity index (χ1n) is 11.1. The van der Waals surface area contributed by atoms with Crippen molar-refractivity contribution in [3.8, 4) is 16.8 Å². The van der Waals surface area contributed by atoms with Gasteiger partial charge in [-0.25, -0.2) is 19.0 Å². The Morgan fingerprint density at radius 1 is 1.11 bits per heavy atom. The first kappa shape index (κ1) is 27.0. The van der Waals surface area contributed by atoms with Crippen LogP contribution in [0.1, 0.15) is 16.2 Å². The van der Waals surface area contributed by atoms with E-state index in [1.165, 1.54) is 18.2 Å². The summed E-state index contributed by atoms with van der Waals surface area (Å²) in [5.74, 6) is -3.17. The maximum Gasteiger partial charge on any atom is 0.348 e. The minimum atomic E-state index is -1.82. The summed E-state index contributed by atoms with van der Waals surface area (Å²) in [7, 11) is 0. The Labute approximate surface area is 224 Å². The fourth-order valence-electron chi connectivity index (χ4n) is 3.58. The summed E-state index contributed by atoms with van der Waals surface area (Å²) in [6.45, 7) is -0.523. The summed E-state index contributed by atoms with van der Waals surface area (Å²) in [4.78, 5) is 38.8. The van der Waals surface area contributed by atoms with Gasteiger partial charge in [0.25, 0.3) is 0 Å². The summed E-state index contributed by atoms with van der Waals surface area (Å²) >= 11 is 12.1. The molecule has 4 rings (SSSR count). The largest absolute Gasteiger partial charge is 0.479 e. The maximum absolute atomic E-state index is 14.2. The number of aromatic nitrogens is 3. The molecule has 4 aromatic rings. The molecule has 0 saturated carbocycles. The number of carbonyl (C=O) groups is 2. The number of H-pyrrole nitrogens is 1. The van der Waals surface area contributed by atoms with Crippen LogP contribution in [0.3, 0.4) is 0 Å². The molecule has 1 aromatic heterocycles. The summed E-state index contributed by atoms with van der Waals surface area (Å²) < 4.78 is 15.1. The molecule has 0 aliphatic rings. The van der Waals surface area contributed by atoms with Crippen molar-refractivity contribution >= 4 is 35.1 Å².